The number of allylic oxidation sites excluding steroid dienone is 1. The van der Waals surface area contributed by atoms with Crippen molar-refractivity contribution in [2.75, 3.05) is 19.8 Å². The van der Waals surface area contributed by atoms with Gasteiger partial charge in [-0.3, -0.25) is 9.69 Å². The maximum atomic E-state index is 13.0. The molecule has 8 atom stereocenters. The van der Waals surface area contributed by atoms with Crippen molar-refractivity contribution >= 4 is 29.3 Å². The Kier molecular flexibility index (Phi) is 9.07. The first-order valence-corrected chi connectivity index (χ1v) is 11.5. The number of nitrogens with zero attached hydrogens (tertiary/aromatic N) is 1. The second-order valence-electron chi connectivity index (χ2n) is 7.71. The molecule has 0 radical (unpaired) electrons. The molecule has 2 aliphatic heterocycles. The summed E-state index contributed by atoms with van der Waals surface area (Å²) >= 11 is 7.43. The van der Waals surface area contributed by atoms with E-state index in [0.717, 1.165) is 13.0 Å². The van der Waals surface area contributed by atoms with Gasteiger partial charge < -0.3 is 25.4 Å². The Morgan fingerprint density at radius 1 is 1.39 bits per heavy atom. The molecule has 2 rings (SSSR count). The fraction of sp³-hybridized carbons (Fsp3) is 0.842. The molecule has 0 unspecified atom stereocenters. The predicted octanol–water partition coefficient (Wildman–Crippen LogP) is 0.700. The van der Waals surface area contributed by atoms with E-state index in [9.17, 15) is 20.1 Å². The number of hydrogen-bond donors (Lipinski definition) is 4. The zero-order chi connectivity index (χ0) is 21.0. The van der Waals surface area contributed by atoms with E-state index in [1.54, 1.807) is 13.2 Å². The Balaban J connectivity index is 2.15. The quantitative estimate of drug-likeness (QED) is 0.344. The van der Waals surface area contributed by atoms with E-state index in [0.29, 0.717) is 12.8 Å². The summed E-state index contributed by atoms with van der Waals surface area (Å²) < 4.78 is 5.85. The third kappa shape index (κ3) is 5.62. The standard InChI is InChI=1S/C19H33ClN2O5S/c1-5-6-11-8-13(22(3)9-11)18(26)21-12(7-10(2)20)17-15(24)14(23)16(25)19(27-17)28-4/h6,10,12-17,19,23-25H,5,7-9H2,1-4H3,(H,21,26)/b11-6-/t10-,12+,13-,14-,15+,16+,17+,19+/m0/s1. The van der Waals surface area contributed by atoms with E-state index in [4.69, 9.17) is 16.3 Å². The molecule has 162 valence electrons. The number of aliphatic hydroxyl groups is 3. The minimum absolute atomic E-state index is 0.151. The molecule has 0 bridgehead atoms. The molecule has 0 saturated carbocycles. The van der Waals surface area contributed by atoms with Crippen LogP contribution in [0.15, 0.2) is 11.6 Å². The van der Waals surface area contributed by atoms with Gasteiger partial charge in [0.25, 0.3) is 0 Å². The van der Waals surface area contributed by atoms with Gasteiger partial charge in [0.2, 0.25) is 5.91 Å². The number of carbonyl (C=O) groups excluding carboxylic acids is 1. The molecule has 28 heavy (non-hydrogen) atoms. The lowest BCUT2D eigenvalue weighted by molar-refractivity contribution is -0.205. The van der Waals surface area contributed by atoms with Crippen LogP contribution in [0.1, 0.15) is 33.1 Å². The molecule has 7 nitrogen and oxygen atoms in total. The Morgan fingerprint density at radius 2 is 2.07 bits per heavy atom. The number of thioether (sulfide) groups is 1. The highest BCUT2D eigenvalue weighted by molar-refractivity contribution is 7.99. The third-order valence-electron chi connectivity index (χ3n) is 5.38. The van der Waals surface area contributed by atoms with Crippen LogP contribution in [0.5, 0.6) is 0 Å². The van der Waals surface area contributed by atoms with Gasteiger partial charge in [-0.1, -0.05) is 18.6 Å². The first kappa shape index (κ1) is 23.9. The first-order chi connectivity index (χ1) is 13.2. The molecular weight excluding hydrogens is 404 g/mol. The number of hydrogen-bond acceptors (Lipinski definition) is 7. The molecule has 0 aromatic carbocycles. The number of alkyl halides is 1. The number of halogens is 1. The molecule has 2 fully saturated rings. The number of ether oxygens (including phenoxy) is 1. The van der Waals surface area contributed by atoms with Crippen molar-refractivity contribution in [1.29, 1.82) is 0 Å². The number of likely N-dealkylation sites (tertiary alicyclic amines) is 1. The monoisotopic (exact) mass is 436 g/mol. The zero-order valence-electron chi connectivity index (χ0n) is 16.9. The predicted molar refractivity (Wildman–Crippen MR) is 111 cm³/mol. The number of amides is 1. The topological polar surface area (TPSA) is 102 Å². The molecule has 0 spiro atoms. The van der Waals surface area contributed by atoms with Gasteiger partial charge in [0.15, 0.2) is 0 Å². The normalized spacial score (nSPS) is 37.8. The summed E-state index contributed by atoms with van der Waals surface area (Å²) in [6.45, 7) is 4.63. The van der Waals surface area contributed by atoms with Gasteiger partial charge in [-0.2, -0.15) is 0 Å². The van der Waals surface area contributed by atoms with E-state index in [1.807, 2.05) is 11.9 Å². The van der Waals surface area contributed by atoms with Gasteiger partial charge in [-0.25, -0.2) is 0 Å². The molecule has 4 N–H and O–H groups in total. The lowest BCUT2D eigenvalue weighted by Crippen LogP contribution is -2.63. The van der Waals surface area contributed by atoms with Gasteiger partial charge in [0, 0.05) is 11.9 Å². The minimum Gasteiger partial charge on any atom is -0.388 e. The number of likely N-dealkylation sites (N-methyl/N-ethyl adjacent to an activating group) is 1. The number of carbonyl (C=O) groups is 1. The van der Waals surface area contributed by atoms with E-state index in [-0.39, 0.29) is 17.3 Å². The second-order valence-corrected chi connectivity index (χ2v) is 9.39. The molecule has 1 amide bonds. The van der Waals surface area contributed by atoms with Crippen LogP contribution in [0.3, 0.4) is 0 Å². The maximum absolute atomic E-state index is 13.0. The molecule has 0 aromatic heterocycles. The third-order valence-corrected chi connectivity index (χ3v) is 6.41. The van der Waals surface area contributed by atoms with Crippen molar-refractivity contribution < 1.29 is 24.9 Å². The minimum atomic E-state index is -1.35. The highest BCUT2D eigenvalue weighted by Gasteiger charge is 2.47. The van der Waals surface area contributed by atoms with Crippen LogP contribution >= 0.6 is 23.4 Å². The fourth-order valence-corrected chi connectivity index (χ4v) is 4.80. The summed E-state index contributed by atoms with van der Waals surface area (Å²) in [5.41, 5.74) is 0.545. The molecule has 2 heterocycles. The average molecular weight is 437 g/mol. The average Bonchev–Trinajstić information content (AvgIpc) is 3.00. The van der Waals surface area contributed by atoms with Gasteiger partial charge in [0.05, 0.1) is 12.1 Å². The zero-order valence-corrected chi connectivity index (χ0v) is 18.5. The Labute approximate surface area is 176 Å². The summed E-state index contributed by atoms with van der Waals surface area (Å²) in [6, 6.07) is -0.877. The van der Waals surface area contributed by atoms with Gasteiger partial charge in [-0.15, -0.1) is 23.4 Å². The first-order valence-electron chi connectivity index (χ1n) is 9.74. The van der Waals surface area contributed by atoms with Crippen LogP contribution in [-0.4, -0.2) is 93.3 Å². The van der Waals surface area contributed by atoms with Crippen molar-refractivity contribution in [2.45, 2.75) is 80.4 Å². The van der Waals surface area contributed by atoms with Crippen molar-refractivity contribution in [3.05, 3.63) is 11.6 Å². The van der Waals surface area contributed by atoms with Gasteiger partial charge in [0.1, 0.15) is 29.9 Å². The second kappa shape index (κ2) is 10.6. The highest BCUT2D eigenvalue weighted by atomic mass is 35.5. The van der Waals surface area contributed by atoms with Crippen LogP contribution in [0, 0.1) is 0 Å². The molecule has 0 aromatic rings. The molecular formula is C19H33ClN2O5S. The summed E-state index contributed by atoms with van der Waals surface area (Å²) in [5.74, 6) is -0.151. The number of nitrogens with one attached hydrogen (secondary N) is 1. The fourth-order valence-electron chi connectivity index (χ4n) is 3.93. The molecule has 2 saturated heterocycles. The van der Waals surface area contributed by atoms with Crippen LogP contribution in [-0.2, 0) is 9.53 Å². The Bertz CT molecular complexity index is 562. The summed E-state index contributed by atoms with van der Waals surface area (Å²) in [7, 11) is 1.91. The van der Waals surface area contributed by atoms with Crippen LogP contribution < -0.4 is 5.32 Å². The van der Waals surface area contributed by atoms with E-state index >= 15 is 0 Å². The lowest BCUT2D eigenvalue weighted by atomic mass is 9.92. The van der Waals surface area contributed by atoms with Gasteiger partial charge >= 0.3 is 0 Å². The van der Waals surface area contributed by atoms with E-state index in [1.165, 1.54) is 17.3 Å². The molecule has 2 aliphatic rings. The SMILES string of the molecule is CC/C=C1/C[C@@H](C(=O)N[C@H](C[C@H](C)Cl)[C@H]2O[C@H](SC)[C@H](O)[C@@H](O)[C@H]2O)N(C)C1. The van der Waals surface area contributed by atoms with E-state index < -0.39 is 35.9 Å². The summed E-state index contributed by atoms with van der Waals surface area (Å²) in [6.07, 6.45) is 1.13. The van der Waals surface area contributed by atoms with Gasteiger partial charge in [-0.05, 0) is 39.5 Å². The van der Waals surface area contributed by atoms with Crippen LogP contribution in [0.4, 0.5) is 0 Å². The maximum Gasteiger partial charge on any atom is 0.238 e. The van der Waals surface area contributed by atoms with Crippen molar-refractivity contribution in [3.8, 4) is 0 Å². The molecule has 9 heteroatoms. The smallest absolute Gasteiger partial charge is 0.238 e. The van der Waals surface area contributed by atoms with Crippen LogP contribution in [0.25, 0.3) is 0 Å². The molecule has 0 aliphatic carbocycles. The highest BCUT2D eigenvalue weighted by Crippen LogP contribution is 2.30. The van der Waals surface area contributed by atoms with Crippen molar-refractivity contribution in [3.63, 3.8) is 0 Å². The van der Waals surface area contributed by atoms with E-state index in [2.05, 4.69) is 18.3 Å². The summed E-state index contributed by atoms with van der Waals surface area (Å²) in [4.78, 5) is 15.0. The van der Waals surface area contributed by atoms with Crippen molar-refractivity contribution in [1.82, 2.24) is 10.2 Å². The Morgan fingerprint density at radius 3 is 2.64 bits per heavy atom. The van der Waals surface area contributed by atoms with Crippen molar-refractivity contribution in [2.24, 2.45) is 0 Å². The Hall–Kier alpha value is -0.350. The largest absolute Gasteiger partial charge is 0.388 e. The lowest BCUT2D eigenvalue weighted by Gasteiger charge is -2.43. The number of rotatable bonds is 7. The van der Waals surface area contributed by atoms with Crippen LogP contribution in [0.2, 0.25) is 0 Å². The number of aliphatic hydroxyl groups excluding tert-OH is 3. The summed E-state index contributed by atoms with van der Waals surface area (Å²) in [5, 5.41) is 33.5.